The number of unbranched alkanes of at least 4 members (excludes halogenated alkanes) is 2. The Balaban J connectivity index is 1.45. The van der Waals surface area contributed by atoms with Crippen LogP contribution in [-0.2, 0) is 11.2 Å². The smallest absolute Gasteiger partial charge is 0.223 e. The molecule has 2 aliphatic rings. The number of likely N-dealkylation sites (tertiary alicyclic amines) is 1. The first-order valence-corrected chi connectivity index (χ1v) is 16.6. The molecule has 2 aliphatic heterocycles. The zero-order valence-corrected chi connectivity index (χ0v) is 26.7. The molecule has 224 valence electrons. The van der Waals surface area contributed by atoms with E-state index in [0.717, 1.165) is 82.7 Å². The number of piperidine rings is 1. The van der Waals surface area contributed by atoms with E-state index in [1.807, 2.05) is 12.1 Å². The van der Waals surface area contributed by atoms with Crippen LogP contribution in [0.15, 0.2) is 60.3 Å². The lowest BCUT2D eigenvalue weighted by molar-refractivity contribution is -0.138. The Morgan fingerprint density at radius 2 is 1.59 bits per heavy atom. The number of hydrogen-bond acceptors (Lipinski definition) is 3. The van der Waals surface area contributed by atoms with E-state index >= 15 is 0 Å². The number of amides is 1. The topological polar surface area (TPSA) is 26.8 Å². The highest BCUT2D eigenvalue weighted by Crippen LogP contribution is 2.33. The van der Waals surface area contributed by atoms with Crippen molar-refractivity contribution in [2.75, 3.05) is 32.7 Å². The average Bonchev–Trinajstić information content (AvgIpc) is 3.00. The van der Waals surface area contributed by atoms with Crippen molar-refractivity contribution in [1.29, 1.82) is 0 Å². The second-order valence-corrected chi connectivity index (χ2v) is 12.6. The molecule has 2 fully saturated rings. The van der Waals surface area contributed by atoms with Gasteiger partial charge in [-0.3, -0.25) is 9.69 Å². The van der Waals surface area contributed by atoms with E-state index in [0.29, 0.717) is 18.2 Å². The predicted octanol–water partition coefficient (Wildman–Crippen LogP) is 8.50. The van der Waals surface area contributed by atoms with E-state index in [4.69, 9.17) is 11.6 Å². The van der Waals surface area contributed by atoms with Gasteiger partial charge in [0.2, 0.25) is 5.91 Å². The summed E-state index contributed by atoms with van der Waals surface area (Å²) in [6, 6.07) is 17.9. The van der Waals surface area contributed by atoms with Crippen LogP contribution in [0.2, 0.25) is 5.02 Å². The molecule has 0 N–H and O–H groups in total. The van der Waals surface area contributed by atoms with Gasteiger partial charge in [-0.05, 0) is 73.8 Å². The fourth-order valence-electron chi connectivity index (χ4n) is 6.66. The van der Waals surface area contributed by atoms with Gasteiger partial charge in [0, 0.05) is 55.9 Å². The molecule has 0 radical (unpaired) electrons. The molecular weight excluding hydrogens is 526 g/mol. The molecule has 2 aromatic carbocycles. The minimum atomic E-state index is 0.160. The van der Waals surface area contributed by atoms with Gasteiger partial charge in [-0.1, -0.05) is 94.1 Å². The molecule has 2 atom stereocenters. The third-order valence-electron chi connectivity index (χ3n) is 9.29. The standard InChI is InChI=1S/C36H52ClN3O/c1-5-8-10-28(4)38-22-20-30(21-23-38)26-35(41)40-25-24-39(27-34(40)11-9-6-2)36(32-16-18-33(37)19-17-32)31-14-12-29(7-3)13-15-31/h10,12-19,30,34,36H,5-9,11,20-27H2,1-4H3/b28-10+. The molecule has 0 saturated carbocycles. The fourth-order valence-corrected chi connectivity index (χ4v) is 6.79. The van der Waals surface area contributed by atoms with Crippen molar-refractivity contribution in [3.63, 3.8) is 0 Å². The number of rotatable bonds is 12. The molecule has 0 spiro atoms. The van der Waals surface area contributed by atoms with Crippen LogP contribution in [0.5, 0.6) is 0 Å². The first-order valence-electron chi connectivity index (χ1n) is 16.2. The van der Waals surface area contributed by atoms with Gasteiger partial charge in [0.25, 0.3) is 0 Å². The van der Waals surface area contributed by atoms with E-state index < -0.39 is 0 Å². The summed E-state index contributed by atoms with van der Waals surface area (Å²) in [5.74, 6) is 0.874. The predicted molar refractivity (Wildman–Crippen MR) is 173 cm³/mol. The molecule has 2 saturated heterocycles. The monoisotopic (exact) mass is 577 g/mol. The van der Waals surface area contributed by atoms with Crippen LogP contribution in [-0.4, -0.2) is 59.4 Å². The van der Waals surface area contributed by atoms with E-state index in [9.17, 15) is 4.79 Å². The summed E-state index contributed by atoms with van der Waals surface area (Å²) < 4.78 is 0. The summed E-state index contributed by atoms with van der Waals surface area (Å²) in [5.41, 5.74) is 5.35. The van der Waals surface area contributed by atoms with Gasteiger partial charge < -0.3 is 9.80 Å². The van der Waals surface area contributed by atoms with Crippen molar-refractivity contribution in [3.8, 4) is 0 Å². The van der Waals surface area contributed by atoms with Crippen LogP contribution in [0.4, 0.5) is 0 Å². The van der Waals surface area contributed by atoms with Crippen LogP contribution < -0.4 is 0 Å². The van der Waals surface area contributed by atoms with Gasteiger partial charge in [0.15, 0.2) is 0 Å². The lowest BCUT2D eigenvalue weighted by Crippen LogP contribution is -2.56. The van der Waals surface area contributed by atoms with Crippen molar-refractivity contribution >= 4 is 17.5 Å². The molecule has 2 heterocycles. The van der Waals surface area contributed by atoms with Gasteiger partial charge in [-0.25, -0.2) is 0 Å². The molecule has 41 heavy (non-hydrogen) atoms. The molecule has 0 aliphatic carbocycles. The minimum absolute atomic E-state index is 0.160. The van der Waals surface area contributed by atoms with Gasteiger partial charge in [0.05, 0.1) is 6.04 Å². The maximum absolute atomic E-state index is 13.8. The lowest BCUT2D eigenvalue weighted by atomic mass is 9.91. The summed E-state index contributed by atoms with van der Waals surface area (Å²) in [6.45, 7) is 13.7. The average molecular weight is 578 g/mol. The number of aryl methyl sites for hydroxylation is 1. The molecule has 0 aromatic heterocycles. The van der Waals surface area contributed by atoms with Gasteiger partial charge >= 0.3 is 0 Å². The van der Waals surface area contributed by atoms with E-state index in [1.165, 1.54) is 28.8 Å². The van der Waals surface area contributed by atoms with Crippen LogP contribution in [0, 0.1) is 5.92 Å². The normalized spacial score (nSPS) is 19.9. The summed E-state index contributed by atoms with van der Waals surface area (Å²) in [4.78, 5) is 21.2. The van der Waals surface area contributed by atoms with Crippen LogP contribution >= 0.6 is 11.6 Å². The Morgan fingerprint density at radius 3 is 2.20 bits per heavy atom. The van der Waals surface area contributed by atoms with E-state index in [1.54, 1.807) is 0 Å². The van der Waals surface area contributed by atoms with Crippen molar-refractivity contribution in [2.24, 2.45) is 5.92 Å². The number of allylic oxidation sites excluding steroid dienone is 2. The summed E-state index contributed by atoms with van der Waals surface area (Å²) in [5, 5.41) is 0.767. The highest BCUT2D eigenvalue weighted by molar-refractivity contribution is 6.30. The quantitative estimate of drug-likeness (QED) is 0.253. The molecule has 1 amide bonds. The van der Waals surface area contributed by atoms with E-state index in [-0.39, 0.29) is 12.1 Å². The Kier molecular flexibility index (Phi) is 12.2. The van der Waals surface area contributed by atoms with Crippen molar-refractivity contribution in [3.05, 3.63) is 82.0 Å². The third-order valence-corrected chi connectivity index (χ3v) is 9.54. The number of carbonyl (C=O) groups is 1. The van der Waals surface area contributed by atoms with Gasteiger partial charge in [-0.2, -0.15) is 0 Å². The molecule has 2 unspecified atom stereocenters. The molecular formula is C36H52ClN3O. The van der Waals surface area contributed by atoms with Gasteiger partial charge in [0.1, 0.15) is 0 Å². The van der Waals surface area contributed by atoms with Crippen LogP contribution in [0.3, 0.4) is 0 Å². The second kappa shape index (κ2) is 15.8. The Bertz CT molecular complexity index is 1100. The Labute approximate surface area is 254 Å². The Hall–Kier alpha value is -2.30. The first kappa shape index (κ1) is 31.6. The number of benzene rings is 2. The number of piperazine rings is 1. The number of hydrogen-bond donors (Lipinski definition) is 0. The van der Waals surface area contributed by atoms with Crippen molar-refractivity contribution < 1.29 is 4.79 Å². The summed E-state index contributed by atoms with van der Waals surface area (Å²) >= 11 is 6.28. The van der Waals surface area contributed by atoms with Gasteiger partial charge in [-0.15, -0.1) is 0 Å². The van der Waals surface area contributed by atoms with Crippen LogP contribution in [0.1, 0.15) is 102 Å². The number of carbonyl (C=O) groups excluding carboxylic acids is 1. The van der Waals surface area contributed by atoms with E-state index in [2.05, 4.69) is 84.9 Å². The molecule has 0 bridgehead atoms. The van der Waals surface area contributed by atoms with Crippen molar-refractivity contribution in [2.45, 2.75) is 97.6 Å². The molecule has 4 nitrogen and oxygen atoms in total. The Morgan fingerprint density at radius 1 is 0.927 bits per heavy atom. The summed E-state index contributed by atoms with van der Waals surface area (Å²) in [7, 11) is 0. The highest BCUT2D eigenvalue weighted by atomic mass is 35.5. The van der Waals surface area contributed by atoms with Crippen LogP contribution in [0.25, 0.3) is 0 Å². The number of halogens is 1. The highest BCUT2D eigenvalue weighted by Gasteiger charge is 2.35. The lowest BCUT2D eigenvalue weighted by Gasteiger charge is -2.45. The zero-order chi connectivity index (χ0) is 29.2. The number of nitrogens with zero attached hydrogens (tertiary/aromatic N) is 3. The maximum Gasteiger partial charge on any atom is 0.223 e. The molecule has 4 rings (SSSR count). The SMILES string of the molecule is CCC/C=C(\C)N1CCC(CC(=O)N2CCN(C(c3ccc(Cl)cc3)c3ccc(CC)cc3)CC2CCCC)CC1. The van der Waals surface area contributed by atoms with Crippen molar-refractivity contribution in [1.82, 2.24) is 14.7 Å². The molecule has 2 aromatic rings. The summed E-state index contributed by atoms with van der Waals surface area (Å²) in [6.07, 6.45) is 12.1. The third kappa shape index (κ3) is 8.61. The minimum Gasteiger partial charge on any atom is -0.375 e. The molecule has 5 heteroatoms. The first-order chi connectivity index (χ1) is 19.9. The maximum atomic E-state index is 13.8. The fraction of sp³-hybridized carbons (Fsp3) is 0.583. The largest absolute Gasteiger partial charge is 0.375 e. The second-order valence-electron chi connectivity index (χ2n) is 12.2. The zero-order valence-electron chi connectivity index (χ0n) is 26.0.